The van der Waals surface area contributed by atoms with Crippen LogP contribution in [-0.2, 0) is 4.79 Å². The summed E-state index contributed by atoms with van der Waals surface area (Å²) < 4.78 is 1.81. The first-order valence-corrected chi connectivity index (χ1v) is 10.6. The van der Waals surface area contributed by atoms with Gasteiger partial charge in [0.15, 0.2) is 0 Å². The van der Waals surface area contributed by atoms with Crippen LogP contribution in [0, 0.1) is 11.3 Å². The van der Waals surface area contributed by atoms with E-state index in [2.05, 4.69) is 38.3 Å². The van der Waals surface area contributed by atoms with Crippen molar-refractivity contribution >= 4 is 35.0 Å². The van der Waals surface area contributed by atoms with E-state index in [9.17, 15) is 14.9 Å². The number of nitrogens with zero attached hydrogens (tertiary/aromatic N) is 6. The number of hydrogen-bond acceptors (Lipinski definition) is 8. The molecule has 1 saturated heterocycles. The Hall–Kier alpha value is -4.72. The molecule has 11 nitrogen and oxygen atoms in total. The Morgan fingerprint density at radius 3 is 2.85 bits per heavy atom. The molecule has 1 aliphatic rings. The van der Waals surface area contributed by atoms with Crippen LogP contribution in [0.25, 0.3) is 0 Å². The molecule has 4 rings (SSSR count). The van der Waals surface area contributed by atoms with Crippen LogP contribution in [0.1, 0.15) is 34.8 Å². The maximum absolute atomic E-state index is 12.0. The minimum Gasteiger partial charge on any atom is -0.365 e. The topological polar surface area (TPSA) is 155 Å². The van der Waals surface area contributed by atoms with E-state index in [0.29, 0.717) is 30.0 Å². The number of piperidine rings is 1. The molecule has 2 aromatic heterocycles. The molecule has 1 atom stereocenters. The van der Waals surface area contributed by atoms with E-state index in [0.717, 1.165) is 12.8 Å². The van der Waals surface area contributed by atoms with E-state index in [1.165, 1.54) is 12.3 Å². The average Bonchev–Trinajstić information content (AvgIpc) is 3.32. The molecule has 0 aliphatic carbocycles. The molecular formula is C23H23N9O2. The SMILES string of the molecule is C=CC(=O)N1CCC[C@H](n2cc(Nc3ncc(C(N)=O)c(Nc4ccccc4C#N)n3)cn2)C1. The second-order valence-electron chi connectivity index (χ2n) is 7.72. The fraction of sp³-hybridized carbons (Fsp3) is 0.217. The Bertz CT molecular complexity index is 1280. The number of amides is 2. The molecule has 1 aliphatic heterocycles. The van der Waals surface area contributed by atoms with Gasteiger partial charge in [0.2, 0.25) is 11.9 Å². The quantitative estimate of drug-likeness (QED) is 0.457. The van der Waals surface area contributed by atoms with Gasteiger partial charge in [0.25, 0.3) is 5.91 Å². The molecule has 11 heteroatoms. The Morgan fingerprint density at radius 2 is 2.09 bits per heavy atom. The van der Waals surface area contributed by atoms with Gasteiger partial charge in [0.1, 0.15) is 17.5 Å². The van der Waals surface area contributed by atoms with E-state index < -0.39 is 5.91 Å². The van der Waals surface area contributed by atoms with Gasteiger partial charge in [-0.3, -0.25) is 14.3 Å². The summed E-state index contributed by atoms with van der Waals surface area (Å²) >= 11 is 0. The van der Waals surface area contributed by atoms with Crippen LogP contribution in [0.3, 0.4) is 0 Å². The van der Waals surface area contributed by atoms with Gasteiger partial charge in [-0.15, -0.1) is 0 Å². The number of nitrogens with one attached hydrogen (secondary N) is 2. The van der Waals surface area contributed by atoms with Gasteiger partial charge >= 0.3 is 0 Å². The molecule has 0 spiro atoms. The van der Waals surface area contributed by atoms with Crippen molar-refractivity contribution in [3.8, 4) is 6.07 Å². The minimum atomic E-state index is -0.702. The highest BCUT2D eigenvalue weighted by Gasteiger charge is 2.24. The lowest BCUT2D eigenvalue weighted by molar-refractivity contribution is -0.127. The number of primary amides is 1. The molecule has 4 N–H and O–H groups in total. The summed E-state index contributed by atoms with van der Waals surface area (Å²) in [6.07, 6.45) is 7.88. The van der Waals surface area contributed by atoms with Crippen molar-refractivity contribution in [2.75, 3.05) is 23.7 Å². The van der Waals surface area contributed by atoms with Crippen molar-refractivity contribution < 1.29 is 9.59 Å². The van der Waals surface area contributed by atoms with Gasteiger partial charge in [0.05, 0.1) is 29.2 Å². The van der Waals surface area contributed by atoms with Crippen molar-refractivity contribution in [2.45, 2.75) is 18.9 Å². The van der Waals surface area contributed by atoms with E-state index in [1.54, 1.807) is 35.4 Å². The molecule has 3 heterocycles. The van der Waals surface area contributed by atoms with Gasteiger partial charge in [-0.25, -0.2) is 4.98 Å². The average molecular weight is 457 g/mol. The van der Waals surface area contributed by atoms with Gasteiger partial charge in [0, 0.05) is 25.5 Å². The van der Waals surface area contributed by atoms with Crippen LogP contribution >= 0.6 is 0 Å². The number of carbonyl (C=O) groups is 2. The van der Waals surface area contributed by atoms with Crippen LogP contribution in [-0.4, -0.2) is 49.6 Å². The summed E-state index contributed by atoms with van der Waals surface area (Å²) in [4.78, 5) is 34.2. The third-order valence-electron chi connectivity index (χ3n) is 5.47. The molecule has 3 aromatic rings. The number of aromatic nitrogens is 4. The predicted molar refractivity (Wildman–Crippen MR) is 126 cm³/mol. The van der Waals surface area contributed by atoms with E-state index in [-0.39, 0.29) is 29.3 Å². The maximum atomic E-state index is 12.0. The summed E-state index contributed by atoms with van der Waals surface area (Å²) in [5.41, 5.74) is 7.08. The van der Waals surface area contributed by atoms with Gasteiger partial charge in [-0.05, 0) is 31.1 Å². The Balaban J connectivity index is 1.53. The summed E-state index contributed by atoms with van der Waals surface area (Å²) in [6.45, 7) is 4.82. The largest absolute Gasteiger partial charge is 0.365 e. The number of nitrogens with two attached hydrogens (primary N) is 1. The second kappa shape index (κ2) is 9.83. The van der Waals surface area contributed by atoms with Crippen LogP contribution in [0.15, 0.2) is 55.5 Å². The molecule has 172 valence electrons. The van der Waals surface area contributed by atoms with Crippen LogP contribution < -0.4 is 16.4 Å². The van der Waals surface area contributed by atoms with Crippen molar-refractivity contribution in [1.82, 2.24) is 24.6 Å². The normalized spacial score (nSPS) is 15.3. The molecule has 2 amide bonds. The van der Waals surface area contributed by atoms with E-state index in [4.69, 9.17) is 5.73 Å². The lowest BCUT2D eigenvalue weighted by atomic mass is 10.1. The summed E-state index contributed by atoms with van der Waals surface area (Å²) in [5, 5.41) is 19.8. The lowest BCUT2D eigenvalue weighted by Gasteiger charge is -2.32. The first-order chi connectivity index (χ1) is 16.5. The second-order valence-corrected chi connectivity index (χ2v) is 7.72. The summed E-state index contributed by atoms with van der Waals surface area (Å²) in [5.74, 6) is -0.400. The highest BCUT2D eigenvalue weighted by molar-refractivity contribution is 5.98. The number of benzene rings is 1. The fourth-order valence-corrected chi connectivity index (χ4v) is 3.77. The van der Waals surface area contributed by atoms with Gasteiger partial charge < -0.3 is 21.3 Å². The zero-order valence-corrected chi connectivity index (χ0v) is 18.3. The fourth-order valence-electron chi connectivity index (χ4n) is 3.77. The molecule has 0 unspecified atom stereocenters. The third-order valence-corrected chi connectivity index (χ3v) is 5.47. The van der Waals surface area contributed by atoms with E-state index in [1.807, 2.05) is 10.9 Å². The third kappa shape index (κ3) is 4.86. The van der Waals surface area contributed by atoms with Crippen molar-refractivity contribution in [3.05, 3.63) is 66.6 Å². The van der Waals surface area contributed by atoms with Crippen molar-refractivity contribution in [2.24, 2.45) is 5.73 Å². The monoisotopic (exact) mass is 457 g/mol. The Morgan fingerprint density at radius 1 is 1.26 bits per heavy atom. The molecule has 1 fully saturated rings. The maximum Gasteiger partial charge on any atom is 0.254 e. The first-order valence-electron chi connectivity index (χ1n) is 10.6. The number of rotatable bonds is 7. The van der Waals surface area contributed by atoms with Crippen LogP contribution in [0.4, 0.5) is 23.1 Å². The molecule has 0 bridgehead atoms. The minimum absolute atomic E-state index is 0.0473. The number of nitriles is 1. The highest BCUT2D eigenvalue weighted by atomic mass is 16.2. The number of carbonyl (C=O) groups excluding carboxylic acids is 2. The molecule has 0 saturated carbocycles. The standard InChI is InChI=1S/C23H23N9O2/c1-2-20(33)31-9-5-7-17(14-31)32-13-16(11-27-32)28-23-26-12-18(21(25)34)22(30-23)29-19-8-4-3-6-15(19)10-24/h2-4,6,8,11-13,17H,1,5,7,9,14H2,(H2,25,34)(H2,26,28,29,30)/t17-/m0/s1. The first kappa shape index (κ1) is 22.5. The summed E-state index contributed by atoms with van der Waals surface area (Å²) in [6, 6.07) is 8.98. The predicted octanol–water partition coefficient (Wildman–Crippen LogP) is 2.48. The zero-order chi connectivity index (χ0) is 24.1. The lowest BCUT2D eigenvalue weighted by Crippen LogP contribution is -2.39. The molecule has 0 radical (unpaired) electrons. The Kier molecular flexibility index (Phi) is 6.49. The number of likely N-dealkylation sites (tertiary alicyclic amines) is 1. The highest BCUT2D eigenvalue weighted by Crippen LogP contribution is 2.25. The number of anilines is 4. The van der Waals surface area contributed by atoms with Crippen molar-refractivity contribution in [3.63, 3.8) is 0 Å². The van der Waals surface area contributed by atoms with Crippen LogP contribution in [0.5, 0.6) is 0 Å². The number of para-hydroxylation sites is 1. The smallest absolute Gasteiger partial charge is 0.254 e. The molecular weight excluding hydrogens is 434 g/mol. The van der Waals surface area contributed by atoms with Crippen molar-refractivity contribution in [1.29, 1.82) is 5.26 Å². The number of hydrogen-bond donors (Lipinski definition) is 3. The zero-order valence-electron chi connectivity index (χ0n) is 18.3. The molecule has 34 heavy (non-hydrogen) atoms. The van der Waals surface area contributed by atoms with E-state index >= 15 is 0 Å². The molecule has 1 aromatic carbocycles. The van der Waals surface area contributed by atoms with Gasteiger partial charge in [-0.2, -0.15) is 15.3 Å². The van der Waals surface area contributed by atoms with Crippen LogP contribution in [0.2, 0.25) is 0 Å². The van der Waals surface area contributed by atoms with Gasteiger partial charge in [-0.1, -0.05) is 18.7 Å². The Labute approximate surface area is 195 Å². The summed E-state index contributed by atoms with van der Waals surface area (Å²) in [7, 11) is 0.